The number of carbonyl (C=O) groups is 4. The number of carbonyl (C=O) groups excluding carboxylic acids is 4. The third kappa shape index (κ3) is 16.0. The first-order valence-corrected chi connectivity index (χ1v) is 12.6. The number of nitrogens with one attached hydrogen (secondary N) is 4. The first kappa shape index (κ1) is 33.2. The predicted octanol–water partition coefficient (Wildman–Crippen LogP) is 3.65. The molecule has 10 heteroatoms. The van der Waals surface area contributed by atoms with Crippen molar-refractivity contribution in [2.24, 2.45) is 11.8 Å². The number of ether oxygens (including phenoxy) is 2. The molecule has 4 amide bonds. The molecule has 0 aromatic heterocycles. The Hall–Kier alpha value is -2.78. The molecule has 0 spiro atoms. The van der Waals surface area contributed by atoms with Crippen molar-refractivity contribution < 1.29 is 28.7 Å². The first-order chi connectivity index (χ1) is 16.4. The molecule has 0 saturated carbocycles. The minimum atomic E-state index is -0.692. The summed E-state index contributed by atoms with van der Waals surface area (Å²) in [4.78, 5) is 49.0. The molecule has 0 fully saturated rings. The van der Waals surface area contributed by atoms with Crippen LogP contribution < -0.4 is 21.3 Å². The number of hydrogen-bond acceptors (Lipinski definition) is 6. The van der Waals surface area contributed by atoms with Crippen molar-refractivity contribution in [3.8, 4) is 0 Å². The molecule has 208 valence electrons. The quantitative estimate of drug-likeness (QED) is 0.233. The van der Waals surface area contributed by atoms with Gasteiger partial charge in [-0.3, -0.25) is 9.59 Å². The Morgan fingerprint density at radius 2 is 0.944 bits per heavy atom. The van der Waals surface area contributed by atoms with Crippen molar-refractivity contribution >= 4 is 24.0 Å². The Balaban J connectivity index is 4.40. The second-order valence-electron chi connectivity index (χ2n) is 11.4. The molecule has 0 aromatic rings. The van der Waals surface area contributed by atoms with Crippen molar-refractivity contribution in [2.45, 2.75) is 105 Å². The molecular weight excluding hydrogens is 464 g/mol. The molecule has 0 aromatic carbocycles. The summed E-state index contributed by atoms with van der Waals surface area (Å²) < 4.78 is 10.5. The largest absolute Gasteiger partial charge is 0.444 e. The Morgan fingerprint density at radius 3 is 1.19 bits per heavy atom. The molecule has 0 radical (unpaired) electrons. The highest BCUT2D eigenvalue weighted by Gasteiger charge is 2.27. The zero-order valence-electron chi connectivity index (χ0n) is 23.7. The van der Waals surface area contributed by atoms with Gasteiger partial charge in [0.1, 0.15) is 23.3 Å². The lowest BCUT2D eigenvalue weighted by molar-refractivity contribution is -0.124. The Morgan fingerprint density at radius 1 is 0.639 bits per heavy atom. The summed E-state index contributed by atoms with van der Waals surface area (Å²) in [5.74, 6) is -0.741. The van der Waals surface area contributed by atoms with Crippen molar-refractivity contribution in [1.82, 2.24) is 21.3 Å². The van der Waals surface area contributed by atoms with Crippen molar-refractivity contribution in [1.29, 1.82) is 0 Å². The standard InChI is InChI=1S/C26H48N4O6/c1-17(2)19(29-23(33)35-25(5,6)7)21(31)27-15-13-11-12-14-16-28-22(32)20(18(3)4)30-24(34)36-26(8,9)10/h11-12,17-20H,13-16H2,1-10H3,(H,27,31)(H,28,32)(H,29,33)(H,30,34)/b12-11-/t19-,20-/m0/s1. The summed E-state index contributed by atoms with van der Waals surface area (Å²) in [6.07, 6.45) is 3.78. The van der Waals surface area contributed by atoms with E-state index >= 15 is 0 Å². The molecule has 0 unspecified atom stereocenters. The monoisotopic (exact) mass is 512 g/mol. The SMILES string of the molecule is CC(C)[C@H](NC(=O)OC(C)(C)C)C(=O)NCC/C=C\CCNC(=O)[C@@H](NC(=O)OC(C)(C)C)C(C)C. The molecule has 0 saturated heterocycles. The summed E-state index contributed by atoms with van der Waals surface area (Å²) >= 11 is 0. The summed E-state index contributed by atoms with van der Waals surface area (Å²) in [6, 6.07) is -1.38. The third-order valence-corrected chi connectivity index (χ3v) is 4.63. The van der Waals surface area contributed by atoms with Crippen LogP contribution in [0.4, 0.5) is 9.59 Å². The Kier molecular flexibility index (Phi) is 14.2. The fourth-order valence-electron chi connectivity index (χ4n) is 2.95. The summed E-state index contributed by atoms with van der Waals surface area (Å²) in [5.41, 5.74) is -1.28. The van der Waals surface area contributed by atoms with Crippen LogP contribution in [0.1, 0.15) is 82.1 Å². The van der Waals surface area contributed by atoms with Gasteiger partial charge in [-0.05, 0) is 66.2 Å². The number of alkyl carbamates (subject to hydrolysis) is 2. The van der Waals surface area contributed by atoms with Crippen LogP contribution in [0, 0.1) is 11.8 Å². The van der Waals surface area contributed by atoms with Crippen molar-refractivity contribution in [3.05, 3.63) is 12.2 Å². The van der Waals surface area contributed by atoms with E-state index in [9.17, 15) is 19.2 Å². The van der Waals surface area contributed by atoms with Gasteiger partial charge in [-0.25, -0.2) is 9.59 Å². The summed E-state index contributed by atoms with van der Waals surface area (Å²) in [5, 5.41) is 10.9. The second kappa shape index (κ2) is 15.4. The van der Waals surface area contributed by atoms with Gasteiger partial charge in [0.2, 0.25) is 11.8 Å². The van der Waals surface area contributed by atoms with Crippen LogP contribution in [-0.2, 0) is 19.1 Å². The van der Waals surface area contributed by atoms with E-state index in [-0.39, 0.29) is 23.7 Å². The van der Waals surface area contributed by atoms with Crippen LogP contribution in [0.25, 0.3) is 0 Å². The fraction of sp³-hybridized carbons (Fsp3) is 0.769. The normalized spacial score (nSPS) is 13.8. The zero-order valence-corrected chi connectivity index (χ0v) is 23.7. The van der Waals surface area contributed by atoms with Gasteiger partial charge in [-0.2, -0.15) is 0 Å². The third-order valence-electron chi connectivity index (χ3n) is 4.63. The molecule has 0 aliphatic heterocycles. The van der Waals surface area contributed by atoms with Gasteiger partial charge in [-0.15, -0.1) is 0 Å². The van der Waals surface area contributed by atoms with Gasteiger partial charge in [0.15, 0.2) is 0 Å². The lowest BCUT2D eigenvalue weighted by Crippen LogP contribution is -2.51. The highest BCUT2D eigenvalue weighted by atomic mass is 16.6. The molecule has 0 aliphatic rings. The van der Waals surface area contributed by atoms with E-state index in [1.807, 2.05) is 39.8 Å². The smallest absolute Gasteiger partial charge is 0.408 e. The maximum atomic E-state index is 12.5. The average Bonchev–Trinajstić information content (AvgIpc) is 2.68. The van der Waals surface area contributed by atoms with Gasteiger partial charge < -0.3 is 30.7 Å². The highest BCUT2D eigenvalue weighted by molar-refractivity contribution is 5.86. The zero-order chi connectivity index (χ0) is 28.1. The van der Waals surface area contributed by atoms with Gasteiger partial charge in [0.05, 0.1) is 0 Å². The van der Waals surface area contributed by atoms with E-state index in [1.165, 1.54) is 0 Å². The average molecular weight is 513 g/mol. The Labute approximate surface area is 216 Å². The van der Waals surface area contributed by atoms with E-state index in [0.717, 1.165) is 0 Å². The molecule has 10 nitrogen and oxygen atoms in total. The number of rotatable bonds is 12. The van der Waals surface area contributed by atoms with Crippen LogP contribution in [0.5, 0.6) is 0 Å². The molecule has 4 N–H and O–H groups in total. The minimum absolute atomic E-state index is 0.101. The first-order valence-electron chi connectivity index (χ1n) is 12.6. The summed E-state index contributed by atoms with van der Waals surface area (Å²) in [6.45, 7) is 18.8. The van der Waals surface area contributed by atoms with Crippen LogP contribution in [0.3, 0.4) is 0 Å². The summed E-state index contributed by atoms with van der Waals surface area (Å²) in [7, 11) is 0. The Bertz CT molecular complexity index is 689. The van der Waals surface area contributed by atoms with Gasteiger partial charge >= 0.3 is 12.2 Å². The molecule has 2 atom stereocenters. The van der Waals surface area contributed by atoms with Crippen LogP contribution >= 0.6 is 0 Å². The number of amides is 4. The van der Waals surface area contributed by atoms with E-state index in [0.29, 0.717) is 25.9 Å². The second-order valence-corrected chi connectivity index (χ2v) is 11.4. The molecular formula is C26H48N4O6. The van der Waals surface area contributed by atoms with E-state index < -0.39 is 35.5 Å². The topological polar surface area (TPSA) is 135 Å². The molecule has 0 rings (SSSR count). The number of hydrogen-bond donors (Lipinski definition) is 4. The van der Waals surface area contributed by atoms with E-state index in [1.54, 1.807) is 41.5 Å². The van der Waals surface area contributed by atoms with Crippen LogP contribution in [-0.4, -0.2) is 60.4 Å². The fourth-order valence-corrected chi connectivity index (χ4v) is 2.95. The lowest BCUT2D eigenvalue weighted by Gasteiger charge is -2.25. The van der Waals surface area contributed by atoms with Crippen molar-refractivity contribution in [3.63, 3.8) is 0 Å². The molecule has 0 bridgehead atoms. The highest BCUT2D eigenvalue weighted by Crippen LogP contribution is 2.10. The van der Waals surface area contributed by atoms with Gasteiger partial charge in [0.25, 0.3) is 0 Å². The van der Waals surface area contributed by atoms with Crippen LogP contribution in [0.15, 0.2) is 12.2 Å². The predicted molar refractivity (Wildman–Crippen MR) is 140 cm³/mol. The minimum Gasteiger partial charge on any atom is -0.444 e. The van der Waals surface area contributed by atoms with Crippen molar-refractivity contribution in [2.75, 3.05) is 13.1 Å². The molecule has 0 heterocycles. The lowest BCUT2D eigenvalue weighted by atomic mass is 10.0. The maximum Gasteiger partial charge on any atom is 0.408 e. The van der Waals surface area contributed by atoms with Gasteiger partial charge in [0, 0.05) is 13.1 Å². The van der Waals surface area contributed by atoms with E-state index in [4.69, 9.17) is 9.47 Å². The maximum absolute atomic E-state index is 12.5. The van der Waals surface area contributed by atoms with Gasteiger partial charge in [-0.1, -0.05) is 39.8 Å². The van der Waals surface area contributed by atoms with Crippen LogP contribution in [0.2, 0.25) is 0 Å². The molecule has 0 aliphatic carbocycles. The van der Waals surface area contributed by atoms with E-state index in [2.05, 4.69) is 21.3 Å². The molecule has 36 heavy (non-hydrogen) atoms.